The third-order valence-electron chi connectivity index (χ3n) is 2.91. The first-order valence-electron chi connectivity index (χ1n) is 5.95. The van der Waals surface area contributed by atoms with Crippen LogP contribution in [0.5, 0.6) is 0 Å². The summed E-state index contributed by atoms with van der Waals surface area (Å²) in [6.07, 6.45) is -0.0314. The average Bonchev–Trinajstić information content (AvgIpc) is 2.41. The van der Waals surface area contributed by atoms with Crippen LogP contribution in [0.1, 0.15) is 21.5 Å². The molecule has 0 fully saturated rings. The van der Waals surface area contributed by atoms with Gasteiger partial charge in [0.1, 0.15) is 5.82 Å². The molecule has 1 amide bonds. The molecule has 2 rings (SSSR count). The fraction of sp³-hybridized carbons (Fsp3) is 0.0667. The van der Waals surface area contributed by atoms with Gasteiger partial charge in [0.2, 0.25) is 5.91 Å². The molecule has 102 valence electrons. The molecule has 0 aliphatic heterocycles. The first-order valence-corrected chi connectivity index (χ1v) is 5.95. The van der Waals surface area contributed by atoms with Crippen LogP contribution in [0.3, 0.4) is 0 Å². The van der Waals surface area contributed by atoms with Crippen LogP contribution in [0.25, 0.3) is 0 Å². The molecule has 0 radical (unpaired) electrons. The molecule has 0 saturated carbocycles. The lowest BCUT2D eigenvalue weighted by atomic mass is 9.97. The number of nitrogens with two attached hydrogens (primary N) is 2. The summed E-state index contributed by atoms with van der Waals surface area (Å²) in [6, 6.07) is 10.0. The summed E-state index contributed by atoms with van der Waals surface area (Å²) in [5, 5.41) is 0. The summed E-state index contributed by atoms with van der Waals surface area (Å²) in [5.74, 6) is -1.27. The maximum absolute atomic E-state index is 12.9. The highest BCUT2D eigenvalue weighted by atomic mass is 19.1. The first kappa shape index (κ1) is 13.7. The van der Waals surface area contributed by atoms with Gasteiger partial charge < -0.3 is 11.5 Å². The molecule has 5 heteroatoms. The number of para-hydroxylation sites is 1. The number of carbonyl (C=O) groups is 2. The zero-order valence-corrected chi connectivity index (χ0v) is 10.6. The predicted molar refractivity (Wildman–Crippen MR) is 73.6 cm³/mol. The van der Waals surface area contributed by atoms with Crippen LogP contribution in [-0.4, -0.2) is 11.7 Å². The summed E-state index contributed by atoms with van der Waals surface area (Å²) in [5.41, 5.74) is 12.4. The van der Waals surface area contributed by atoms with Crippen LogP contribution >= 0.6 is 0 Å². The van der Waals surface area contributed by atoms with Gasteiger partial charge in [-0.1, -0.05) is 12.1 Å². The van der Waals surface area contributed by atoms with Crippen LogP contribution in [0.15, 0.2) is 42.5 Å². The maximum Gasteiger partial charge on any atom is 0.221 e. The van der Waals surface area contributed by atoms with Crippen LogP contribution in [-0.2, 0) is 11.2 Å². The molecule has 0 aliphatic rings. The maximum atomic E-state index is 12.9. The minimum absolute atomic E-state index is 0.0314. The van der Waals surface area contributed by atoms with Gasteiger partial charge in [-0.25, -0.2) is 4.39 Å². The number of carbonyl (C=O) groups excluding carboxylic acids is 2. The second kappa shape index (κ2) is 5.52. The van der Waals surface area contributed by atoms with E-state index in [-0.39, 0.29) is 23.5 Å². The number of hydrogen-bond donors (Lipinski definition) is 2. The molecule has 0 aromatic heterocycles. The number of ketones is 1. The number of hydrogen-bond acceptors (Lipinski definition) is 3. The molecule has 2 aromatic rings. The molecule has 0 aliphatic carbocycles. The second-order valence-electron chi connectivity index (χ2n) is 4.36. The Morgan fingerprint density at radius 3 is 2.30 bits per heavy atom. The van der Waals surface area contributed by atoms with Crippen molar-refractivity contribution in [1.82, 2.24) is 0 Å². The van der Waals surface area contributed by atoms with Crippen molar-refractivity contribution in [3.63, 3.8) is 0 Å². The first-order chi connectivity index (χ1) is 9.49. The molecule has 4 N–H and O–H groups in total. The van der Waals surface area contributed by atoms with Gasteiger partial charge in [-0.2, -0.15) is 0 Å². The topological polar surface area (TPSA) is 86.2 Å². The third-order valence-corrected chi connectivity index (χ3v) is 2.91. The highest BCUT2D eigenvalue weighted by molar-refractivity contribution is 6.12. The van der Waals surface area contributed by atoms with Crippen molar-refractivity contribution in [2.24, 2.45) is 5.73 Å². The zero-order chi connectivity index (χ0) is 14.7. The summed E-state index contributed by atoms with van der Waals surface area (Å²) >= 11 is 0. The summed E-state index contributed by atoms with van der Waals surface area (Å²) in [7, 11) is 0. The highest BCUT2D eigenvalue weighted by Gasteiger charge is 2.15. The molecular weight excluding hydrogens is 259 g/mol. The van der Waals surface area contributed by atoms with Gasteiger partial charge in [-0.05, 0) is 35.9 Å². The lowest BCUT2D eigenvalue weighted by Gasteiger charge is -2.09. The fourth-order valence-electron chi connectivity index (χ4n) is 1.91. The van der Waals surface area contributed by atoms with Crippen molar-refractivity contribution in [2.75, 3.05) is 5.73 Å². The van der Waals surface area contributed by atoms with E-state index in [0.29, 0.717) is 11.1 Å². The fourth-order valence-corrected chi connectivity index (χ4v) is 1.91. The number of amides is 1. The Kier molecular flexibility index (Phi) is 3.79. The van der Waals surface area contributed by atoms with Gasteiger partial charge in [0.15, 0.2) is 5.78 Å². The number of benzene rings is 2. The Hall–Kier alpha value is -2.69. The van der Waals surface area contributed by atoms with E-state index in [2.05, 4.69) is 0 Å². The number of halogens is 1. The molecule has 0 heterocycles. The number of nitrogen functional groups attached to an aromatic ring is 1. The summed E-state index contributed by atoms with van der Waals surface area (Å²) < 4.78 is 12.9. The van der Waals surface area contributed by atoms with Crippen LogP contribution in [0.4, 0.5) is 10.1 Å². The van der Waals surface area contributed by atoms with Crippen molar-refractivity contribution in [3.8, 4) is 0 Å². The number of anilines is 1. The van der Waals surface area contributed by atoms with Gasteiger partial charge in [-0.3, -0.25) is 9.59 Å². The molecule has 20 heavy (non-hydrogen) atoms. The van der Waals surface area contributed by atoms with Crippen LogP contribution in [0, 0.1) is 5.82 Å². The number of primary amides is 1. The van der Waals surface area contributed by atoms with E-state index in [4.69, 9.17) is 11.5 Å². The van der Waals surface area contributed by atoms with E-state index in [1.54, 1.807) is 18.2 Å². The molecule has 0 spiro atoms. The van der Waals surface area contributed by atoms with E-state index in [1.807, 2.05) is 0 Å². The van der Waals surface area contributed by atoms with Gasteiger partial charge >= 0.3 is 0 Å². The van der Waals surface area contributed by atoms with Crippen molar-refractivity contribution in [1.29, 1.82) is 0 Å². The summed E-state index contributed by atoms with van der Waals surface area (Å²) in [4.78, 5) is 23.2. The zero-order valence-electron chi connectivity index (χ0n) is 10.6. The Labute approximate surface area is 115 Å². The highest BCUT2D eigenvalue weighted by Crippen LogP contribution is 2.21. The molecule has 0 saturated heterocycles. The summed E-state index contributed by atoms with van der Waals surface area (Å²) in [6.45, 7) is 0. The Morgan fingerprint density at radius 1 is 1.05 bits per heavy atom. The van der Waals surface area contributed by atoms with Crippen molar-refractivity contribution in [2.45, 2.75) is 6.42 Å². The van der Waals surface area contributed by atoms with Crippen LogP contribution in [0.2, 0.25) is 0 Å². The van der Waals surface area contributed by atoms with Gasteiger partial charge in [0, 0.05) is 16.8 Å². The normalized spacial score (nSPS) is 10.2. The Bertz CT molecular complexity index is 666. The lowest BCUT2D eigenvalue weighted by Crippen LogP contribution is -2.16. The van der Waals surface area contributed by atoms with Crippen molar-refractivity contribution >= 4 is 17.4 Å². The molecule has 0 bridgehead atoms. The minimum atomic E-state index is -0.525. The quantitative estimate of drug-likeness (QED) is 0.655. The van der Waals surface area contributed by atoms with E-state index in [1.165, 1.54) is 24.3 Å². The lowest BCUT2D eigenvalue weighted by molar-refractivity contribution is -0.117. The van der Waals surface area contributed by atoms with Gasteiger partial charge in [0.05, 0.1) is 6.42 Å². The Balaban J connectivity index is 2.39. The van der Waals surface area contributed by atoms with Crippen molar-refractivity contribution < 1.29 is 14.0 Å². The van der Waals surface area contributed by atoms with E-state index < -0.39 is 11.7 Å². The Morgan fingerprint density at radius 2 is 1.70 bits per heavy atom. The smallest absolute Gasteiger partial charge is 0.221 e. The van der Waals surface area contributed by atoms with Crippen molar-refractivity contribution in [3.05, 3.63) is 65.0 Å². The monoisotopic (exact) mass is 272 g/mol. The van der Waals surface area contributed by atoms with E-state index in [9.17, 15) is 14.0 Å². The molecule has 0 unspecified atom stereocenters. The predicted octanol–water partition coefficient (Wildman–Crippen LogP) is 1.67. The molecular formula is C15H13FN2O2. The average molecular weight is 272 g/mol. The SMILES string of the molecule is NC(=O)Cc1cccc(C(=O)c2ccc(F)cc2)c1N. The van der Waals surface area contributed by atoms with Crippen LogP contribution < -0.4 is 11.5 Å². The standard InChI is InChI=1S/C15H13FN2O2/c16-11-6-4-9(5-7-11)15(20)12-3-1-2-10(14(12)18)8-13(17)19/h1-7H,8,18H2,(H2,17,19). The molecule has 0 atom stereocenters. The van der Waals surface area contributed by atoms with E-state index in [0.717, 1.165) is 0 Å². The van der Waals surface area contributed by atoms with E-state index >= 15 is 0 Å². The molecule has 2 aromatic carbocycles. The third kappa shape index (κ3) is 2.83. The van der Waals surface area contributed by atoms with Gasteiger partial charge in [0.25, 0.3) is 0 Å². The van der Waals surface area contributed by atoms with Gasteiger partial charge in [-0.15, -0.1) is 0 Å². The minimum Gasteiger partial charge on any atom is -0.398 e. The largest absolute Gasteiger partial charge is 0.398 e. The molecule has 4 nitrogen and oxygen atoms in total. The second-order valence-corrected chi connectivity index (χ2v) is 4.36. The number of rotatable bonds is 4.